The Morgan fingerprint density at radius 3 is 2.68 bits per heavy atom. The number of aldehydes is 1. The maximum absolute atomic E-state index is 12.5. The van der Waals surface area contributed by atoms with Crippen molar-refractivity contribution >= 4 is 17.9 Å². The Morgan fingerprint density at radius 1 is 1.24 bits per heavy atom. The number of amides is 1. The van der Waals surface area contributed by atoms with E-state index < -0.39 is 5.92 Å². The van der Waals surface area contributed by atoms with E-state index in [1.807, 2.05) is 12.1 Å². The van der Waals surface area contributed by atoms with Crippen LogP contribution in [-0.4, -0.2) is 29.5 Å². The van der Waals surface area contributed by atoms with Crippen molar-refractivity contribution in [3.63, 3.8) is 0 Å². The molecule has 1 unspecified atom stereocenters. The van der Waals surface area contributed by atoms with Gasteiger partial charge in [-0.1, -0.05) is 30.3 Å². The second-order valence-electron chi connectivity index (χ2n) is 5.42. The molecule has 2 N–H and O–H groups in total. The average molecular weight is 335 g/mol. The SMILES string of the molecule is COc1cc(NC(=O)C(C=O)c2ccccc2)ccc1-c1cn[nH]c1. The summed E-state index contributed by atoms with van der Waals surface area (Å²) in [7, 11) is 1.56. The van der Waals surface area contributed by atoms with Gasteiger partial charge < -0.3 is 14.8 Å². The number of hydrogen-bond donors (Lipinski definition) is 2. The first-order valence-electron chi connectivity index (χ1n) is 7.71. The predicted octanol–water partition coefficient (Wildman–Crippen LogP) is 3.01. The molecule has 0 spiro atoms. The number of anilines is 1. The number of aromatic nitrogens is 2. The molecule has 0 radical (unpaired) electrons. The van der Waals surface area contributed by atoms with Crippen molar-refractivity contribution < 1.29 is 14.3 Å². The zero-order valence-electron chi connectivity index (χ0n) is 13.6. The molecule has 0 saturated heterocycles. The summed E-state index contributed by atoms with van der Waals surface area (Å²) in [5.41, 5.74) is 2.93. The molecule has 1 atom stereocenters. The molecular formula is C19H17N3O3. The lowest BCUT2D eigenvalue weighted by molar-refractivity contribution is -0.121. The van der Waals surface area contributed by atoms with E-state index in [0.717, 1.165) is 11.1 Å². The van der Waals surface area contributed by atoms with Gasteiger partial charge in [0.1, 0.15) is 18.0 Å². The number of methoxy groups -OCH3 is 1. The van der Waals surface area contributed by atoms with E-state index in [9.17, 15) is 9.59 Å². The topological polar surface area (TPSA) is 84.1 Å². The first-order valence-corrected chi connectivity index (χ1v) is 7.71. The number of nitrogens with one attached hydrogen (secondary N) is 2. The van der Waals surface area contributed by atoms with Crippen LogP contribution in [0.3, 0.4) is 0 Å². The van der Waals surface area contributed by atoms with E-state index in [1.165, 1.54) is 0 Å². The summed E-state index contributed by atoms with van der Waals surface area (Å²) in [6.45, 7) is 0. The van der Waals surface area contributed by atoms with E-state index in [0.29, 0.717) is 23.3 Å². The van der Waals surface area contributed by atoms with E-state index in [2.05, 4.69) is 15.5 Å². The third-order valence-electron chi connectivity index (χ3n) is 3.86. The minimum atomic E-state index is -0.860. The molecule has 2 aromatic carbocycles. The van der Waals surface area contributed by atoms with Crippen LogP contribution in [0.5, 0.6) is 5.75 Å². The van der Waals surface area contributed by atoms with Gasteiger partial charge in [-0.25, -0.2) is 0 Å². The van der Waals surface area contributed by atoms with Crippen LogP contribution in [-0.2, 0) is 9.59 Å². The molecule has 6 heteroatoms. The Balaban J connectivity index is 1.83. The number of H-pyrrole nitrogens is 1. The van der Waals surface area contributed by atoms with Crippen molar-refractivity contribution in [2.24, 2.45) is 0 Å². The van der Waals surface area contributed by atoms with Crippen molar-refractivity contribution in [1.29, 1.82) is 0 Å². The predicted molar refractivity (Wildman–Crippen MR) is 94.5 cm³/mol. The van der Waals surface area contributed by atoms with Crippen LogP contribution in [0.25, 0.3) is 11.1 Å². The molecule has 3 rings (SSSR count). The number of carbonyl (C=O) groups excluding carboxylic acids is 2. The summed E-state index contributed by atoms with van der Waals surface area (Å²) in [5.74, 6) is -0.651. The Morgan fingerprint density at radius 2 is 2.04 bits per heavy atom. The number of nitrogens with zero attached hydrogens (tertiary/aromatic N) is 1. The molecule has 6 nitrogen and oxygen atoms in total. The van der Waals surface area contributed by atoms with Crippen LogP contribution >= 0.6 is 0 Å². The van der Waals surface area contributed by atoms with Gasteiger partial charge in [-0.15, -0.1) is 0 Å². The van der Waals surface area contributed by atoms with E-state index in [-0.39, 0.29) is 5.91 Å². The van der Waals surface area contributed by atoms with Crippen molar-refractivity contribution in [2.45, 2.75) is 5.92 Å². The molecule has 0 aliphatic rings. The zero-order chi connectivity index (χ0) is 17.6. The Bertz CT molecular complexity index is 861. The van der Waals surface area contributed by atoms with Gasteiger partial charge in [-0.3, -0.25) is 9.89 Å². The molecule has 25 heavy (non-hydrogen) atoms. The first-order chi connectivity index (χ1) is 12.2. The van der Waals surface area contributed by atoms with Gasteiger partial charge in [0.25, 0.3) is 0 Å². The number of rotatable bonds is 6. The van der Waals surface area contributed by atoms with E-state index >= 15 is 0 Å². The Kier molecular flexibility index (Phi) is 4.89. The number of aromatic amines is 1. The molecule has 1 aromatic heterocycles. The lowest BCUT2D eigenvalue weighted by Gasteiger charge is -2.13. The quantitative estimate of drug-likeness (QED) is 0.536. The van der Waals surface area contributed by atoms with Crippen LogP contribution < -0.4 is 10.1 Å². The molecule has 0 fully saturated rings. The highest BCUT2D eigenvalue weighted by atomic mass is 16.5. The normalized spacial score (nSPS) is 11.6. The minimum Gasteiger partial charge on any atom is -0.496 e. The van der Waals surface area contributed by atoms with Crippen LogP contribution in [0.15, 0.2) is 60.9 Å². The Labute approximate surface area is 144 Å². The second-order valence-corrected chi connectivity index (χ2v) is 5.42. The largest absolute Gasteiger partial charge is 0.496 e. The molecular weight excluding hydrogens is 318 g/mol. The first kappa shape index (κ1) is 16.4. The summed E-state index contributed by atoms with van der Waals surface area (Å²) in [6, 6.07) is 14.2. The van der Waals surface area contributed by atoms with Crippen molar-refractivity contribution in [1.82, 2.24) is 10.2 Å². The molecule has 126 valence electrons. The number of carbonyl (C=O) groups is 2. The fraction of sp³-hybridized carbons (Fsp3) is 0.105. The van der Waals surface area contributed by atoms with Gasteiger partial charge in [0.15, 0.2) is 0 Å². The van der Waals surface area contributed by atoms with E-state index in [1.54, 1.807) is 55.9 Å². The molecule has 0 bridgehead atoms. The maximum atomic E-state index is 12.5. The second kappa shape index (κ2) is 7.44. The van der Waals surface area contributed by atoms with Crippen LogP contribution in [0, 0.1) is 0 Å². The average Bonchev–Trinajstić information content (AvgIpc) is 3.17. The molecule has 0 aliphatic carbocycles. The third kappa shape index (κ3) is 3.58. The Hall–Kier alpha value is -3.41. The molecule has 0 aliphatic heterocycles. The lowest BCUT2D eigenvalue weighted by Crippen LogP contribution is -2.22. The fourth-order valence-electron chi connectivity index (χ4n) is 2.58. The highest BCUT2D eigenvalue weighted by molar-refractivity contribution is 6.05. The maximum Gasteiger partial charge on any atom is 0.239 e. The summed E-state index contributed by atoms with van der Waals surface area (Å²) >= 11 is 0. The van der Waals surface area contributed by atoms with Gasteiger partial charge in [0.2, 0.25) is 5.91 Å². The molecule has 3 aromatic rings. The lowest BCUT2D eigenvalue weighted by atomic mass is 9.99. The molecule has 1 heterocycles. The van der Waals surface area contributed by atoms with Crippen LogP contribution in [0.1, 0.15) is 11.5 Å². The summed E-state index contributed by atoms with van der Waals surface area (Å²) in [6.07, 6.45) is 4.09. The van der Waals surface area contributed by atoms with Crippen LogP contribution in [0.2, 0.25) is 0 Å². The van der Waals surface area contributed by atoms with Crippen molar-refractivity contribution in [3.8, 4) is 16.9 Å². The summed E-state index contributed by atoms with van der Waals surface area (Å²) < 4.78 is 5.40. The third-order valence-corrected chi connectivity index (χ3v) is 3.86. The van der Waals surface area contributed by atoms with Crippen molar-refractivity contribution in [2.75, 3.05) is 12.4 Å². The monoisotopic (exact) mass is 335 g/mol. The standard InChI is InChI=1S/C19H17N3O3/c1-25-18-9-15(7-8-16(18)14-10-20-21-11-14)22-19(24)17(12-23)13-5-3-2-4-6-13/h2-12,17H,1H3,(H,20,21)(H,22,24). The van der Waals surface area contributed by atoms with Gasteiger partial charge >= 0.3 is 0 Å². The van der Waals surface area contributed by atoms with Crippen molar-refractivity contribution in [3.05, 3.63) is 66.5 Å². The van der Waals surface area contributed by atoms with Gasteiger partial charge in [-0.2, -0.15) is 5.10 Å². The minimum absolute atomic E-state index is 0.390. The van der Waals surface area contributed by atoms with Crippen LogP contribution in [0.4, 0.5) is 5.69 Å². The molecule has 1 amide bonds. The highest BCUT2D eigenvalue weighted by Crippen LogP contribution is 2.32. The number of ether oxygens (including phenoxy) is 1. The fourth-order valence-corrected chi connectivity index (χ4v) is 2.58. The van der Waals surface area contributed by atoms with E-state index in [4.69, 9.17) is 4.74 Å². The number of hydrogen-bond acceptors (Lipinski definition) is 4. The van der Waals surface area contributed by atoms with Gasteiger partial charge in [-0.05, 0) is 17.7 Å². The molecule has 0 saturated carbocycles. The zero-order valence-corrected chi connectivity index (χ0v) is 13.6. The smallest absolute Gasteiger partial charge is 0.239 e. The number of benzene rings is 2. The summed E-state index contributed by atoms with van der Waals surface area (Å²) in [4.78, 5) is 23.8. The summed E-state index contributed by atoms with van der Waals surface area (Å²) in [5, 5.41) is 9.44. The van der Waals surface area contributed by atoms with Gasteiger partial charge in [0, 0.05) is 29.1 Å². The van der Waals surface area contributed by atoms with Gasteiger partial charge in [0.05, 0.1) is 13.3 Å². The highest BCUT2D eigenvalue weighted by Gasteiger charge is 2.20.